The topological polar surface area (TPSA) is 63.3 Å². The fourth-order valence-electron chi connectivity index (χ4n) is 1.80. The Morgan fingerprint density at radius 2 is 1.94 bits per heavy atom. The summed E-state index contributed by atoms with van der Waals surface area (Å²) in [5.74, 6) is 0.00376. The first kappa shape index (κ1) is 13.6. The normalized spacial score (nSPS) is 10.4. The molecule has 1 aromatic carbocycles. The molecule has 0 unspecified atom stereocenters. The van der Waals surface area contributed by atoms with Gasteiger partial charge in [-0.05, 0) is 24.6 Å². The fraction of sp³-hybridized carbons (Fsp3) is 0.500. The van der Waals surface area contributed by atoms with Crippen molar-refractivity contribution >= 4 is 11.5 Å². The fourth-order valence-corrected chi connectivity index (χ4v) is 1.80. The molecule has 1 aromatic rings. The third-order valence-electron chi connectivity index (χ3n) is 2.83. The smallest absolute Gasteiger partial charge is 0.166 e. The molecule has 0 fully saturated rings. The number of carbonyl (C=O) groups is 1. The van der Waals surface area contributed by atoms with Gasteiger partial charge in [0.15, 0.2) is 5.78 Å². The number of nitrogens with two attached hydrogens (primary N) is 1. The van der Waals surface area contributed by atoms with E-state index in [0.29, 0.717) is 17.7 Å². The van der Waals surface area contributed by atoms with Crippen molar-refractivity contribution in [1.82, 2.24) is 0 Å². The molecule has 3 nitrogen and oxygen atoms in total. The van der Waals surface area contributed by atoms with Crippen LogP contribution >= 0.6 is 0 Å². The quantitative estimate of drug-likeness (QED) is 0.329. The minimum atomic E-state index is -0.0219. The molecular weight excluding hydrogens is 214 g/mol. The summed E-state index contributed by atoms with van der Waals surface area (Å²) in [5, 5.41) is 9.57. The summed E-state index contributed by atoms with van der Waals surface area (Å²) in [6.45, 7) is 2.16. The predicted octanol–water partition coefficient (Wildman–Crippen LogP) is 3.52. The van der Waals surface area contributed by atoms with Crippen LogP contribution in [0.3, 0.4) is 0 Å². The van der Waals surface area contributed by atoms with Crippen molar-refractivity contribution in [2.45, 2.75) is 45.4 Å². The first-order valence-corrected chi connectivity index (χ1v) is 6.27. The van der Waals surface area contributed by atoms with Crippen molar-refractivity contribution in [2.24, 2.45) is 0 Å². The molecule has 1 rings (SSSR count). The third kappa shape index (κ3) is 4.47. The van der Waals surface area contributed by atoms with Crippen molar-refractivity contribution < 1.29 is 9.90 Å². The Labute approximate surface area is 103 Å². The van der Waals surface area contributed by atoms with E-state index in [1.165, 1.54) is 25.3 Å². The standard InChI is InChI=1S/C14H21NO2/c1-2-3-4-5-6-7-13(16)12-10-11(15)8-9-14(12)17/h8-10,17H,2-7,15H2,1H3. The maximum absolute atomic E-state index is 11.8. The van der Waals surface area contributed by atoms with Crippen LogP contribution in [0.1, 0.15) is 55.8 Å². The average Bonchev–Trinajstić information content (AvgIpc) is 2.32. The molecule has 0 aliphatic heterocycles. The lowest BCUT2D eigenvalue weighted by molar-refractivity contribution is 0.0976. The highest BCUT2D eigenvalue weighted by molar-refractivity contribution is 5.99. The zero-order valence-electron chi connectivity index (χ0n) is 10.4. The Hall–Kier alpha value is -1.51. The van der Waals surface area contributed by atoms with E-state index in [2.05, 4.69) is 6.92 Å². The molecule has 0 atom stereocenters. The Morgan fingerprint density at radius 3 is 2.65 bits per heavy atom. The minimum absolute atomic E-state index is 0.0219. The SMILES string of the molecule is CCCCCCCC(=O)c1cc(N)ccc1O. The number of rotatable bonds is 7. The second-order valence-corrected chi connectivity index (χ2v) is 4.36. The first-order chi connectivity index (χ1) is 8.15. The summed E-state index contributed by atoms with van der Waals surface area (Å²) >= 11 is 0. The summed E-state index contributed by atoms with van der Waals surface area (Å²) in [7, 11) is 0. The highest BCUT2D eigenvalue weighted by Gasteiger charge is 2.10. The highest BCUT2D eigenvalue weighted by atomic mass is 16.3. The van der Waals surface area contributed by atoms with E-state index in [1.54, 1.807) is 12.1 Å². The molecule has 94 valence electrons. The van der Waals surface area contributed by atoms with Crippen molar-refractivity contribution in [3.8, 4) is 5.75 Å². The molecule has 0 amide bonds. The van der Waals surface area contributed by atoms with Crippen molar-refractivity contribution in [2.75, 3.05) is 5.73 Å². The van der Waals surface area contributed by atoms with E-state index < -0.39 is 0 Å². The second-order valence-electron chi connectivity index (χ2n) is 4.36. The van der Waals surface area contributed by atoms with Gasteiger partial charge < -0.3 is 10.8 Å². The third-order valence-corrected chi connectivity index (χ3v) is 2.83. The van der Waals surface area contributed by atoms with Crippen LogP contribution < -0.4 is 5.73 Å². The number of unbranched alkanes of at least 4 members (excludes halogenated alkanes) is 4. The Morgan fingerprint density at radius 1 is 1.24 bits per heavy atom. The van der Waals surface area contributed by atoms with Crippen LogP contribution in [0.5, 0.6) is 5.75 Å². The van der Waals surface area contributed by atoms with Gasteiger partial charge in [0.2, 0.25) is 0 Å². The molecule has 17 heavy (non-hydrogen) atoms. The van der Waals surface area contributed by atoms with Gasteiger partial charge in [-0.15, -0.1) is 0 Å². The van der Waals surface area contributed by atoms with Crippen molar-refractivity contribution in [3.63, 3.8) is 0 Å². The maximum Gasteiger partial charge on any atom is 0.166 e. The largest absolute Gasteiger partial charge is 0.507 e. The number of benzene rings is 1. The number of hydrogen-bond acceptors (Lipinski definition) is 3. The van der Waals surface area contributed by atoms with Crippen LogP contribution in [0.25, 0.3) is 0 Å². The Bertz CT molecular complexity index is 374. The zero-order chi connectivity index (χ0) is 12.7. The van der Waals surface area contributed by atoms with Gasteiger partial charge >= 0.3 is 0 Å². The van der Waals surface area contributed by atoms with Crippen LogP contribution in [0, 0.1) is 0 Å². The number of ketones is 1. The van der Waals surface area contributed by atoms with Gasteiger partial charge in [0.05, 0.1) is 5.56 Å². The second kappa shape index (κ2) is 6.94. The molecule has 0 heterocycles. The molecule has 0 aromatic heterocycles. The monoisotopic (exact) mass is 235 g/mol. The molecule has 3 heteroatoms. The van der Waals surface area contributed by atoms with E-state index in [0.717, 1.165) is 12.8 Å². The van der Waals surface area contributed by atoms with Gasteiger partial charge in [0.25, 0.3) is 0 Å². The Kier molecular flexibility index (Phi) is 5.53. The lowest BCUT2D eigenvalue weighted by Crippen LogP contribution is -2.00. The van der Waals surface area contributed by atoms with Crippen LogP contribution in [-0.4, -0.2) is 10.9 Å². The highest BCUT2D eigenvalue weighted by Crippen LogP contribution is 2.22. The summed E-state index contributed by atoms with van der Waals surface area (Å²) < 4.78 is 0. The molecule has 0 saturated heterocycles. The van der Waals surface area contributed by atoms with E-state index in [4.69, 9.17) is 5.73 Å². The summed E-state index contributed by atoms with van der Waals surface area (Å²) in [5.41, 5.74) is 6.46. The van der Waals surface area contributed by atoms with Gasteiger partial charge in [0, 0.05) is 12.1 Å². The minimum Gasteiger partial charge on any atom is -0.507 e. The molecule has 0 aliphatic carbocycles. The van der Waals surface area contributed by atoms with Crippen LogP contribution in [0.2, 0.25) is 0 Å². The van der Waals surface area contributed by atoms with Gasteiger partial charge in [-0.25, -0.2) is 0 Å². The summed E-state index contributed by atoms with van der Waals surface area (Å²) in [6, 6.07) is 4.61. The summed E-state index contributed by atoms with van der Waals surface area (Å²) in [6.07, 6.45) is 6.03. The molecule has 0 aliphatic rings. The number of nitrogen functional groups attached to an aromatic ring is 1. The van der Waals surface area contributed by atoms with E-state index >= 15 is 0 Å². The van der Waals surface area contributed by atoms with Crippen LogP contribution in [0.15, 0.2) is 18.2 Å². The summed E-state index contributed by atoms with van der Waals surface area (Å²) in [4.78, 5) is 11.8. The number of phenolic OH excluding ortho intramolecular Hbond substituents is 1. The van der Waals surface area contributed by atoms with Crippen molar-refractivity contribution in [3.05, 3.63) is 23.8 Å². The van der Waals surface area contributed by atoms with Gasteiger partial charge in [-0.1, -0.05) is 32.6 Å². The first-order valence-electron chi connectivity index (χ1n) is 6.27. The van der Waals surface area contributed by atoms with E-state index in [1.807, 2.05) is 0 Å². The molecule has 3 N–H and O–H groups in total. The number of phenols is 1. The molecule has 0 radical (unpaired) electrons. The number of Topliss-reactive ketones (excluding diaryl/α,β-unsaturated/α-hetero) is 1. The van der Waals surface area contributed by atoms with E-state index in [-0.39, 0.29) is 11.5 Å². The lowest BCUT2D eigenvalue weighted by atomic mass is 10.0. The van der Waals surface area contributed by atoms with Gasteiger partial charge in [-0.3, -0.25) is 4.79 Å². The van der Waals surface area contributed by atoms with Gasteiger partial charge in [-0.2, -0.15) is 0 Å². The van der Waals surface area contributed by atoms with Gasteiger partial charge in [0.1, 0.15) is 5.75 Å². The predicted molar refractivity (Wildman–Crippen MR) is 70.2 cm³/mol. The van der Waals surface area contributed by atoms with Crippen molar-refractivity contribution in [1.29, 1.82) is 0 Å². The lowest BCUT2D eigenvalue weighted by Gasteiger charge is -2.05. The van der Waals surface area contributed by atoms with E-state index in [9.17, 15) is 9.90 Å². The zero-order valence-corrected chi connectivity index (χ0v) is 10.4. The molecule has 0 spiro atoms. The molecular formula is C14H21NO2. The number of hydrogen-bond donors (Lipinski definition) is 2. The maximum atomic E-state index is 11.8. The number of anilines is 1. The average molecular weight is 235 g/mol. The number of carbonyl (C=O) groups excluding carboxylic acids is 1. The molecule has 0 saturated carbocycles. The Balaban J connectivity index is 2.44. The van der Waals surface area contributed by atoms with Crippen LogP contribution in [0.4, 0.5) is 5.69 Å². The number of aromatic hydroxyl groups is 1. The molecule has 0 bridgehead atoms. The van der Waals surface area contributed by atoms with Crippen LogP contribution in [-0.2, 0) is 0 Å².